The van der Waals surface area contributed by atoms with E-state index in [0.717, 1.165) is 30.7 Å². The lowest BCUT2D eigenvalue weighted by molar-refractivity contribution is -0.143. The van der Waals surface area contributed by atoms with Crippen LogP contribution in [0.5, 0.6) is 0 Å². The van der Waals surface area contributed by atoms with Gasteiger partial charge in [-0.25, -0.2) is 4.79 Å². The summed E-state index contributed by atoms with van der Waals surface area (Å²) in [4.78, 5) is 77.1. The van der Waals surface area contributed by atoms with Gasteiger partial charge in [0, 0.05) is 6.54 Å². The van der Waals surface area contributed by atoms with Crippen LogP contribution in [-0.4, -0.2) is 71.6 Å². The Labute approximate surface area is 300 Å². The van der Waals surface area contributed by atoms with Gasteiger partial charge < -0.3 is 31.3 Å². The molecule has 3 atom stereocenters. The van der Waals surface area contributed by atoms with E-state index in [1.165, 1.54) is 11.3 Å². The van der Waals surface area contributed by atoms with E-state index < -0.39 is 65.6 Å². The van der Waals surface area contributed by atoms with Crippen molar-refractivity contribution >= 4 is 35.5 Å². The number of carbonyl (C=O) groups excluding carboxylic acids is 6. The van der Waals surface area contributed by atoms with Gasteiger partial charge >= 0.3 is 12.0 Å². The molecule has 12 nitrogen and oxygen atoms in total. The molecule has 3 unspecified atom stereocenters. The molecule has 1 saturated heterocycles. The second kappa shape index (κ2) is 24.2. The summed E-state index contributed by atoms with van der Waals surface area (Å²) in [6.07, 6.45) is 5.36. The summed E-state index contributed by atoms with van der Waals surface area (Å²) in [5.41, 5.74) is 5.29. The average molecular weight is 704 g/mol. The Hall–Kier alpha value is -3.96. The largest absolute Gasteiger partial charge is 0.460 e. The minimum Gasteiger partial charge on any atom is -0.460 e. The third-order valence-electron chi connectivity index (χ3n) is 7.53. The van der Waals surface area contributed by atoms with Crippen molar-refractivity contribution in [3.63, 3.8) is 0 Å². The highest BCUT2D eigenvalue weighted by molar-refractivity contribution is 6.37. The fraction of sp³-hybridized carbons (Fsp3) is 0.684. The van der Waals surface area contributed by atoms with Crippen LogP contribution in [0.25, 0.3) is 0 Å². The number of Topliss-reactive ketones (excluding diaryl/α,β-unsaturated/α-hetero) is 1. The number of nitrogens with one attached hydrogen (secondary N) is 3. The lowest BCUT2D eigenvalue weighted by atomic mass is 9.80. The molecule has 12 heteroatoms. The molecule has 2 aliphatic rings. The molecule has 1 aliphatic heterocycles. The number of hydrogen-bond acceptors (Lipinski definition) is 7. The molecule has 1 aliphatic carbocycles. The van der Waals surface area contributed by atoms with E-state index in [-0.39, 0.29) is 19.1 Å². The number of nitrogens with two attached hydrogens (primary N) is 1. The lowest BCUT2D eigenvalue weighted by Gasteiger charge is -2.36. The number of urea groups is 1. The van der Waals surface area contributed by atoms with Crippen molar-refractivity contribution in [3.8, 4) is 0 Å². The highest BCUT2D eigenvalue weighted by Gasteiger charge is 2.43. The van der Waals surface area contributed by atoms with E-state index in [1.54, 1.807) is 20.8 Å². The second-order valence-corrected chi connectivity index (χ2v) is 14.2. The number of hydrogen-bond donors (Lipinski definition) is 4. The van der Waals surface area contributed by atoms with Crippen LogP contribution in [0.2, 0.25) is 0 Å². The zero-order valence-corrected chi connectivity index (χ0v) is 32.2. The molecule has 3 rings (SSSR count). The molecule has 0 aromatic heterocycles. The van der Waals surface area contributed by atoms with E-state index >= 15 is 0 Å². The van der Waals surface area contributed by atoms with Gasteiger partial charge in [-0.3, -0.25) is 24.0 Å². The third kappa shape index (κ3) is 17.6. The maximum absolute atomic E-state index is 13.7. The van der Waals surface area contributed by atoms with E-state index in [4.69, 9.17) is 10.5 Å². The number of esters is 1. The molecule has 1 aromatic carbocycles. The van der Waals surface area contributed by atoms with Crippen LogP contribution in [0, 0.1) is 17.3 Å². The van der Waals surface area contributed by atoms with E-state index in [0.29, 0.717) is 19.3 Å². The van der Waals surface area contributed by atoms with Gasteiger partial charge in [-0.2, -0.15) is 0 Å². The molecule has 0 spiro atoms. The Morgan fingerprint density at radius 2 is 1.48 bits per heavy atom. The number of carbonyl (C=O) groups is 6. The fourth-order valence-corrected chi connectivity index (χ4v) is 4.97. The van der Waals surface area contributed by atoms with Crippen LogP contribution in [0.4, 0.5) is 4.79 Å². The van der Waals surface area contributed by atoms with Gasteiger partial charge in [0.2, 0.25) is 17.6 Å². The van der Waals surface area contributed by atoms with Crippen LogP contribution < -0.4 is 21.7 Å². The van der Waals surface area contributed by atoms with E-state index in [2.05, 4.69) is 50.6 Å². The summed E-state index contributed by atoms with van der Waals surface area (Å²) in [5.74, 6) is -2.54. The van der Waals surface area contributed by atoms with Gasteiger partial charge in [-0.15, -0.1) is 0 Å². The van der Waals surface area contributed by atoms with Gasteiger partial charge in [-0.1, -0.05) is 125 Å². The van der Waals surface area contributed by atoms with Crippen molar-refractivity contribution in [2.24, 2.45) is 23.0 Å². The molecular formula is C38H65N5O7. The molecule has 1 aromatic rings. The van der Waals surface area contributed by atoms with Gasteiger partial charge in [0.15, 0.2) is 0 Å². The minimum atomic E-state index is -1.11. The normalized spacial score (nSPS) is 16.3. The molecule has 2 fully saturated rings. The lowest BCUT2D eigenvalue weighted by Crippen LogP contribution is -2.60. The summed E-state index contributed by atoms with van der Waals surface area (Å²) < 4.78 is 5.16. The predicted molar refractivity (Wildman–Crippen MR) is 197 cm³/mol. The monoisotopic (exact) mass is 703 g/mol. The maximum Gasteiger partial charge on any atom is 0.325 e. The summed E-state index contributed by atoms with van der Waals surface area (Å²) >= 11 is 0. The van der Waals surface area contributed by atoms with Crippen molar-refractivity contribution in [1.29, 1.82) is 0 Å². The number of amides is 5. The van der Waals surface area contributed by atoms with Crippen molar-refractivity contribution < 1.29 is 33.5 Å². The van der Waals surface area contributed by atoms with Crippen molar-refractivity contribution in [2.45, 2.75) is 139 Å². The number of nitrogens with zero attached hydrogens (tertiary/aromatic N) is 1. The SMILES string of the molecule is CC.CC(C)(C)C(NC(=O)NCC(=O)OCc1ccccc1)C(=O)N1CCCC1C(=O)NC(CC1CCC1)C(=O)C(N)=O.CC(C)C.CCC. The molecular weight excluding hydrogens is 638 g/mol. The molecule has 0 radical (unpaired) electrons. The van der Waals surface area contributed by atoms with Crippen LogP contribution in [0.1, 0.15) is 120 Å². The molecule has 1 heterocycles. The minimum absolute atomic E-state index is 0.0665. The predicted octanol–water partition coefficient (Wildman–Crippen LogP) is 5.27. The number of likely N-dealkylation sites (tertiary alicyclic amines) is 1. The number of ketones is 1. The first-order chi connectivity index (χ1) is 23.5. The molecule has 50 heavy (non-hydrogen) atoms. The zero-order valence-electron chi connectivity index (χ0n) is 32.2. The van der Waals surface area contributed by atoms with Gasteiger partial charge in [-0.05, 0) is 42.1 Å². The van der Waals surface area contributed by atoms with Crippen LogP contribution >= 0.6 is 0 Å². The summed E-state index contributed by atoms with van der Waals surface area (Å²) in [6.45, 7) is 20.0. The Morgan fingerprint density at radius 1 is 0.920 bits per heavy atom. The number of benzene rings is 1. The zero-order chi connectivity index (χ0) is 38.4. The van der Waals surface area contributed by atoms with E-state index in [9.17, 15) is 28.8 Å². The second-order valence-electron chi connectivity index (χ2n) is 14.2. The molecule has 284 valence electrons. The first-order valence-electron chi connectivity index (χ1n) is 18.2. The van der Waals surface area contributed by atoms with Crippen molar-refractivity contribution in [3.05, 3.63) is 35.9 Å². The van der Waals surface area contributed by atoms with Gasteiger partial charge in [0.1, 0.15) is 25.2 Å². The Morgan fingerprint density at radius 3 is 1.96 bits per heavy atom. The smallest absolute Gasteiger partial charge is 0.325 e. The summed E-state index contributed by atoms with van der Waals surface area (Å²) in [5, 5.41) is 7.73. The van der Waals surface area contributed by atoms with Crippen LogP contribution in [0.3, 0.4) is 0 Å². The van der Waals surface area contributed by atoms with Crippen molar-refractivity contribution in [1.82, 2.24) is 20.9 Å². The molecule has 5 amide bonds. The summed E-state index contributed by atoms with van der Waals surface area (Å²) in [6, 6.07) is 5.45. The summed E-state index contributed by atoms with van der Waals surface area (Å²) in [7, 11) is 0. The van der Waals surface area contributed by atoms with Gasteiger partial charge in [0.05, 0.1) is 6.04 Å². The first-order valence-corrected chi connectivity index (χ1v) is 18.2. The molecule has 5 N–H and O–H groups in total. The molecule has 1 saturated carbocycles. The van der Waals surface area contributed by atoms with E-state index in [1.807, 2.05) is 44.2 Å². The maximum atomic E-state index is 13.7. The highest BCUT2D eigenvalue weighted by Crippen LogP contribution is 2.31. The first kappa shape index (κ1) is 46.0. The standard InChI is InChI=1S/C29H41N5O7.C4H10.C3H8.C2H6/c1-29(2,3)24(33-28(40)31-16-22(35)41-17-19-9-5-4-6-10-19)27(39)34-14-8-13-21(34)26(38)32-20(23(36)25(30)37)15-18-11-7-12-18;1-4(2)3;1-3-2;1-2/h4-6,9-10,18,20-21,24H,7-8,11-17H2,1-3H3,(H2,30,37)(H,32,38)(H2,31,33,40);4H,1-3H3;3H2,1-2H3;1-2H3. The molecule has 0 bridgehead atoms. The van der Waals surface area contributed by atoms with Crippen LogP contribution in [-0.2, 0) is 35.3 Å². The quantitative estimate of drug-likeness (QED) is 0.169. The Kier molecular flexibility index (Phi) is 22.3. The topological polar surface area (TPSA) is 177 Å². The average Bonchev–Trinajstić information content (AvgIpc) is 3.53. The van der Waals surface area contributed by atoms with Crippen LogP contribution in [0.15, 0.2) is 30.3 Å². The number of primary amides is 1. The Bertz CT molecular complexity index is 1190. The van der Waals surface area contributed by atoms with Gasteiger partial charge in [0.25, 0.3) is 5.91 Å². The van der Waals surface area contributed by atoms with Crippen molar-refractivity contribution in [2.75, 3.05) is 13.1 Å². The third-order valence-corrected chi connectivity index (χ3v) is 7.53. The highest BCUT2D eigenvalue weighted by atomic mass is 16.5. The number of ether oxygens (including phenoxy) is 1. The Balaban J connectivity index is 0.00000240. The fourth-order valence-electron chi connectivity index (χ4n) is 4.97. The number of rotatable bonds is 12.